The highest BCUT2D eigenvalue weighted by molar-refractivity contribution is 6.42. The lowest BCUT2D eigenvalue weighted by molar-refractivity contribution is -0.130. The molecule has 0 atom stereocenters. The van der Waals surface area contributed by atoms with Gasteiger partial charge >= 0.3 is 0 Å². The minimum atomic E-state index is -0.319. The summed E-state index contributed by atoms with van der Waals surface area (Å²) in [5.74, 6) is -0.431. The van der Waals surface area contributed by atoms with Crippen LogP contribution >= 0.6 is 34.8 Å². The first kappa shape index (κ1) is 27.6. The highest BCUT2D eigenvalue weighted by Crippen LogP contribution is 2.27. The van der Waals surface area contributed by atoms with Gasteiger partial charge in [-0.2, -0.15) is 0 Å². The van der Waals surface area contributed by atoms with Crippen molar-refractivity contribution in [1.29, 1.82) is 0 Å². The molecule has 3 rings (SSSR count). The van der Waals surface area contributed by atoms with Crippen molar-refractivity contribution in [1.82, 2.24) is 10.2 Å². The first-order valence-corrected chi connectivity index (χ1v) is 11.3. The lowest BCUT2D eigenvalue weighted by Gasteiger charge is -2.36. The Bertz CT molecular complexity index is 910. The Balaban J connectivity index is 0.000000944. The van der Waals surface area contributed by atoms with Crippen molar-refractivity contribution in [3.05, 3.63) is 63.1 Å². The van der Waals surface area contributed by atoms with Crippen molar-refractivity contribution in [3.8, 4) is 12.8 Å². The molecule has 1 aliphatic heterocycles. The van der Waals surface area contributed by atoms with E-state index in [0.29, 0.717) is 46.8 Å². The molecular weight excluding hydrogens is 469 g/mol. The average molecular weight is 497 g/mol. The highest BCUT2D eigenvalue weighted by atomic mass is 35.5. The van der Waals surface area contributed by atoms with Crippen molar-refractivity contribution in [3.63, 3.8) is 0 Å². The molecule has 32 heavy (non-hydrogen) atoms. The lowest BCUT2D eigenvalue weighted by Crippen LogP contribution is -2.51. The van der Waals surface area contributed by atoms with Crippen LogP contribution in [0.5, 0.6) is 0 Å². The molecule has 5 nitrogen and oxygen atoms in total. The van der Waals surface area contributed by atoms with Crippen LogP contribution in [0.2, 0.25) is 15.1 Å². The summed E-state index contributed by atoms with van der Waals surface area (Å²) in [6.07, 6.45) is 9.25. The maximum Gasteiger partial charge on any atom is 0.251 e. The number of terminal acetylenes is 1. The van der Waals surface area contributed by atoms with Gasteiger partial charge in [-0.15, -0.1) is 12.8 Å². The monoisotopic (exact) mass is 495 g/mol. The third-order valence-corrected chi connectivity index (χ3v) is 5.36. The van der Waals surface area contributed by atoms with E-state index in [1.165, 1.54) is 6.42 Å². The number of piperazine rings is 1. The topological polar surface area (TPSA) is 52.7 Å². The summed E-state index contributed by atoms with van der Waals surface area (Å²) in [6, 6.07) is 12.1. The van der Waals surface area contributed by atoms with Gasteiger partial charge < -0.3 is 15.1 Å². The third kappa shape index (κ3) is 8.63. The van der Waals surface area contributed by atoms with Crippen LogP contribution in [-0.4, -0.2) is 49.4 Å². The Hall–Kier alpha value is -2.39. The summed E-state index contributed by atoms with van der Waals surface area (Å²) in [6.45, 7) is 6.73. The van der Waals surface area contributed by atoms with Gasteiger partial charge in [-0.3, -0.25) is 9.59 Å². The predicted molar refractivity (Wildman–Crippen MR) is 135 cm³/mol. The second-order valence-electron chi connectivity index (χ2n) is 6.87. The maximum absolute atomic E-state index is 12.4. The van der Waals surface area contributed by atoms with Gasteiger partial charge in [0.15, 0.2) is 0 Å². The Morgan fingerprint density at radius 1 is 0.938 bits per heavy atom. The average Bonchev–Trinajstić information content (AvgIpc) is 2.81. The van der Waals surface area contributed by atoms with Crippen molar-refractivity contribution in [2.45, 2.75) is 20.3 Å². The normalized spacial score (nSPS) is 12.6. The SMILES string of the molecule is C#C.CCC.O=C(NCC(=O)N1CCN(c2ccc(Cl)c(Cl)c2)CC1)c1cccc(Cl)c1. The second-order valence-corrected chi connectivity index (χ2v) is 8.12. The fraction of sp³-hybridized carbons (Fsp3) is 0.333. The molecule has 2 aromatic carbocycles. The second kappa shape index (κ2) is 14.6. The molecule has 0 radical (unpaired) electrons. The van der Waals surface area contributed by atoms with Gasteiger partial charge in [0.05, 0.1) is 16.6 Å². The number of hydrogen-bond acceptors (Lipinski definition) is 3. The quantitative estimate of drug-likeness (QED) is 0.577. The molecule has 1 aliphatic rings. The minimum Gasteiger partial charge on any atom is -0.368 e. The molecule has 0 spiro atoms. The molecule has 0 bridgehead atoms. The van der Waals surface area contributed by atoms with E-state index in [1.807, 2.05) is 12.1 Å². The summed E-state index contributed by atoms with van der Waals surface area (Å²) < 4.78 is 0. The molecule has 0 unspecified atom stereocenters. The molecule has 0 aromatic heterocycles. The summed E-state index contributed by atoms with van der Waals surface area (Å²) in [4.78, 5) is 28.4. The van der Waals surface area contributed by atoms with Crippen LogP contribution in [-0.2, 0) is 4.79 Å². The van der Waals surface area contributed by atoms with E-state index in [2.05, 4.69) is 36.9 Å². The van der Waals surface area contributed by atoms with Crippen LogP contribution in [0.1, 0.15) is 30.6 Å². The maximum atomic E-state index is 12.4. The molecule has 1 saturated heterocycles. The van der Waals surface area contributed by atoms with Crippen LogP contribution in [0.3, 0.4) is 0 Å². The zero-order valence-corrected chi connectivity index (χ0v) is 20.6. The number of carbonyl (C=O) groups excluding carboxylic acids is 2. The zero-order valence-electron chi connectivity index (χ0n) is 18.3. The summed E-state index contributed by atoms with van der Waals surface area (Å²) >= 11 is 17.9. The van der Waals surface area contributed by atoms with Crippen LogP contribution in [0.25, 0.3) is 0 Å². The first-order chi connectivity index (χ1) is 15.3. The Morgan fingerprint density at radius 2 is 1.56 bits per heavy atom. The van der Waals surface area contributed by atoms with Gasteiger partial charge in [0.2, 0.25) is 5.91 Å². The fourth-order valence-electron chi connectivity index (χ4n) is 2.90. The van der Waals surface area contributed by atoms with Crippen LogP contribution in [0, 0.1) is 12.8 Å². The molecule has 1 N–H and O–H groups in total. The van der Waals surface area contributed by atoms with E-state index in [9.17, 15) is 9.59 Å². The van der Waals surface area contributed by atoms with Crippen molar-refractivity contribution >= 4 is 52.3 Å². The van der Waals surface area contributed by atoms with E-state index in [4.69, 9.17) is 34.8 Å². The third-order valence-electron chi connectivity index (χ3n) is 4.39. The van der Waals surface area contributed by atoms with Gasteiger partial charge in [0, 0.05) is 42.5 Å². The van der Waals surface area contributed by atoms with Crippen molar-refractivity contribution in [2.75, 3.05) is 37.6 Å². The molecule has 1 fully saturated rings. The van der Waals surface area contributed by atoms with Gasteiger partial charge in [-0.1, -0.05) is 61.1 Å². The Morgan fingerprint density at radius 3 is 2.12 bits per heavy atom. The van der Waals surface area contributed by atoms with Gasteiger partial charge in [-0.05, 0) is 36.4 Å². The van der Waals surface area contributed by atoms with E-state index in [0.717, 1.165) is 5.69 Å². The van der Waals surface area contributed by atoms with Gasteiger partial charge in [-0.25, -0.2) is 0 Å². The number of hydrogen-bond donors (Lipinski definition) is 1. The molecule has 2 aromatic rings. The van der Waals surface area contributed by atoms with Gasteiger partial charge in [0.25, 0.3) is 5.91 Å². The molecule has 8 heteroatoms. The molecular formula is C24H28Cl3N3O2. The van der Waals surface area contributed by atoms with E-state index >= 15 is 0 Å². The number of nitrogens with one attached hydrogen (secondary N) is 1. The summed E-state index contributed by atoms with van der Waals surface area (Å²) in [5.41, 5.74) is 1.41. The van der Waals surface area contributed by atoms with Crippen LogP contribution in [0.15, 0.2) is 42.5 Å². The Kier molecular flexibility index (Phi) is 12.6. The number of halogens is 3. The molecule has 172 valence electrons. The molecule has 1 heterocycles. The highest BCUT2D eigenvalue weighted by Gasteiger charge is 2.22. The number of nitrogens with zero attached hydrogens (tertiary/aromatic N) is 2. The summed E-state index contributed by atoms with van der Waals surface area (Å²) in [5, 5.41) is 4.15. The number of amides is 2. The number of carbonyl (C=O) groups is 2. The van der Waals surface area contributed by atoms with E-state index in [1.54, 1.807) is 35.2 Å². The smallest absolute Gasteiger partial charge is 0.251 e. The molecule has 0 aliphatic carbocycles. The molecule has 2 amide bonds. The van der Waals surface area contributed by atoms with Crippen molar-refractivity contribution in [2.24, 2.45) is 0 Å². The van der Waals surface area contributed by atoms with Gasteiger partial charge in [0.1, 0.15) is 0 Å². The van der Waals surface area contributed by atoms with Crippen LogP contribution in [0.4, 0.5) is 5.69 Å². The van der Waals surface area contributed by atoms with E-state index < -0.39 is 0 Å². The van der Waals surface area contributed by atoms with E-state index in [-0.39, 0.29) is 18.4 Å². The number of rotatable bonds is 4. The standard InChI is InChI=1S/C19H18Cl3N3O2.C3H8.C2H2/c20-14-3-1-2-13(10-14)19(27)23-12-18(26)25-8-6-24(7-9-25)15-4-5-16(21)17(22)11-15;1-3-2;1-2/h1-5,10-11H,6-9,12H2,(H,23,27);3H2,1-2H3;1-2H. The minimum absolute atomic E-state index is 0.0435. The Labute approximate surface area is 205 Å². The fourth-order valence-corrected chi connectivity index (χ4v) is 3.38. The largest absolute Gasteiger partial charge is 0.368 e. The molecule has 0 saturated carbocycles. The van der Waals surface area contributed by atoms with Crippen LogP contribution < -0.4 is 10.2 Å². The number of benzene rings is 2. The first-order valence-electron chi connectivity index (χ1n) is 10.2. The lowest BCUT2D eigenvalue weighted by atomic mass is 10.2. The number of anilines is 1. The summed E-state index contributed by atoms with van der Waals surface area (Å²) in [7, 11) is 0. The predicted octanol–water partition coefficient (Wildman–Crippen LogP) is 5.39. The zero-order chi connectivity index (χ0) is 24.1. The van der Waals surface area contributed by atoms with Crippen molar-refractivity contribution < 1.29 is 9.59 Å².